The molecule has 1 aliphatic heterocycles. The van der Waals surface area contributed by atoms with Crippen LogP contribution in [0.25, 0.3) is 0 Å². The van der Waals surface area contributed by atoms with Crippen molar-refractivity contribution < 1.29 is 19.1 Å². The second-order valence-electron chi connectivity index (χ2n) is 5.19. The Labute approximate surface area is 160 Å². The number of carbonyl (C=O) groups excluding carboxylic acids is 2. The van der Waals surface area contributed by atoms with Gasteiger partial charge in [0.1, 0.15) is 5.92 Å². The van der Waals surface area contributed by atoms with E-state index in [-0.39, 0.29) is 21.8 Å². The first-order chi connectivity index (χ1) is 11.8. The van der Waals surface area contributed by atoms with Gasteiger partial charge in [-0.2, -0.15) is 0 Å². The van der Waals surface area contributed by atoms with Gasteiger partial charge in [0.2, 0.25) is 5.11 Å². The molecule has 134 valence electrons. The summed E-state index contributed by atoms with van der Waals surface area (Å²) >= 11 is 17.7. The van der Waals surface area contributed by atoms with Gasteiger partial charge in [0.05, 0.1) is 29.8 Å². The summed E-state index contributed by atoms with van der Waals surface area (Å²) in [5.74, 6) is -1.46. The summed E-state index contributed by atoms with van der Waals surface area (Å²) in [5.41, 5.74) is 0.868. The number of carbonyl (C=O) groups is 2. The van der Waals surface area contributed by atoms with Crippen molar-refractivity contribution in [1.82, 2.24) is 4.90 Å². The van der Waals surface area contributed by atoms with Crippen LogP contribution < -0.4 is 0 Å². The van der Waals surface area contributed by atoms with Crippen LogP contribution in [0.4, 0.5) is 4.79 Å². The molecule has 0 spiro atoms. The molecule has 0 aromatic heterocycles. The molecule has 0 bridgehead atoms. The molecule has 2 unspecified atom stereocenters. The van der Waals surface area contributed by atoms with Gasteiger partial charge in [-0.3, -0.25) is 4.79 Å². The smallest absolute Gasteiger partial charge is 0.416 e. The summed E-state index contributed by atoms with van der Waals surface area (Å²) in [5, 5.41) is 0.490. The highest BCUT2D eigenvalue weighted by atomic mass is 35.5. The van der Waals surface area contributed by atoms with Gasteiger partial charge in [-0.1, -0.05) is 35.3 Å². The van der Waals surface area contributed by atoms with Crippen molar-refractivity contribution in [2.75, 3.05) is 13.7 Å². The molecule has 0 saturated carbocycles. The highest BCUT2D eigenvalue weighted by molar-refractivity contribution is 7.80. The molecule has 0 saturated heterocycles. The summed E-state index contributed by atoms with van der Waals surface area (Å²) < 4.78 is 9.96. The molecule has 2 atom stereocenters. The average Bonchev–Trinajstić information content (AvgIpc) is 2.56. The van der Waals surface area contributed by atoms with Gasteiger partial charge in [0.25, 0.3) is 0 Å². The highest BCUT2D eigenvalue weighted by Gasteiger charge is 2.45. The molecular weight excluding hydrogens is 387 g/mol. The molecule has 1 heterocycles. The monoisotopic (exact) mass is 402 g/mol. The van der Waals surface area contributed by atoms with E-state index in [1.807, 2.05) is 0 Å². The normalized spacial score (nSPS) is 20.1. The first-order valence-electron chi connectivity index (χ1n) is 7.40. The van der Waals surface area contributed by atoms with Gasteiger partial charge in [-0.05, 0) is 37.7 Å². The third-order valence-corrected chi connectivity index (χ3v) is 4.86. The second kappa shape index (κ2) is 8.12. The van der Waals surface area contributed by atoms with E-state index in [1.165, 1.54) is 7.11 Å². The van der Waals surface area contributed by atoms with Crippen molar-refractivity contribution in [3.05, 3.63) is 33.8 Å². The minimum Gasteiger partial charge on any atom is -0.468 e. The lowest BCUT2D eigenvalue weighted by atomic mass is 9.87. The Morgan fingerprint density at radius 2 is 2.04 bits per heavy atom. The van der Waals surface area contributed by atoms with Crippen LogP contribution in [0.3, 0.4) is 0 Å². The topological polar surface area (TPSA) is 68.2 Å². The average molecular weight is 403 g/mol. The number of halogens is 2. The molecule has 6 nitrogen and oxygen atoms in total. The van der Waals surface area contributed by atoms with Crippen molar-refractivity contribution in [1.29, 1.82) is 0 Å². The van der Waals surface area contributed by atoms with E-state index in [0.717, 1.165) is 4.90 Å². The number of esters is 1. The van der Waals surface area contributed by atoms with Crippen LogP contribution in [-0.2, 0) is 14.3 Å². The van der Waals surface area contributed by atoms with E-state index in [1.54, 1.807) is 32.0 Å². The maximum atomic E-state index is 12.5. The lowest BCUT2D eigenvalue weighted by Crippen LogP contribution is -2.49. The van der Waals surface area contributed by atoms with Crippen molar-refractivity contribution in [3.63, 3.8) is 0 Å². The van der Waals surface area contributed by atoms with Gasteiger partial charge in [-0.25, -0.2) is 14.7 Å². The van der Waals surface area contributed by atoms with Crippen LogP contribution in [0.15, 0.2) is 23.2 Å². The molecule has 2 rings (SSSR count). The van der Waals surface area contributed by atoms with Crippen molar-refractivity contribution in [2.24, 2.45) is 10.9 Å². The number of hydrogen-bond acceptors (Lipinski definition) is 5. The van der Waals surface area contributed by atoms with Gasteiger partial charge < -0.3 is 9.47 Å². The van der Waals surface area contributed by atoms with Crippen molar-refractivity contribution >= 4 is 58.3 Å². The number of amides is 1. The van der Waals surface area contributed by atoms with Crippen LogP contribution in [0.5, 0.6) is 0 Å². The zero-order chi connectivity index (χ0) is 18.7. The van der Waals surface area contributed by atoms with Crippen LogP contribution in [0.2, 0.25) is 10.0 Å². The van der Waals surface area contributed by atoms with Gasteiger partial charge in [-0.15, -0.1) is 0 Å². The fourth-order valence-electron chi connectivity index (χ4n) is 2.65. The maximum Gasteiger partial charge on any atom is 0.416 e. The van der Waals surface area contributed by atoms with Gasteiger partial charge in [0, 0.05) is 5.71 Å². The van der Waals surface area contributed by atoms with E-state index < -0.39 is 24.0 Å². The minimum absolute atomic E-state index is 0.0165. The van der Waals surface area contributed by atoms with Crippen LogP contribution in [0, 0.1) is 5.92 Å². The molecule has 25 heavy (non-hydrogen) atoms. The van der Waals surface area contributed by atoms with E-state index >= 15 is 0 Å². The zero-order valence-electron chi connectivity index (χ0n) is 13.8. The highest BCUT2D eigenvalue weighted by Crippen LogP contribution is 2.40. The summed E-state index contributed by atoms with van der Waals surface area (Å²) in [6.45, 7) is 3.44. The number of thiocarbonyl (C=S) groups is 1. The largest absolute Gasteiger partial charge is 0.468 e. The number of nitrogens with zero attached hydrogens (tertiary/aromatic N) is 2. The standard InChI is InChI=1S/C16H16Cl2N2O4S/c1-4-24-16(22)20-13(9-6-5-7-10(17)12(9)18)11(14(21)23-3)8(2)19-15(20)25/h5-7,11,13H,4H2,1-3H3. The summed E-state index contributed by atoms with van der Waals surface area (Å²) in [6, 6.07) is 4.08. The number of benzene rings is 1. The Morgan fingerprint density at radius 3 is 2.64 bits per heavy atom. The fourth-order valence-corrected chi connectivity index (χ4v) is 3.40. The molecule has 0 N–H and O–H groups in total. The fraction of sp³-hybridized carbons (Fsp3) is 0.375. The minimum atomic E-state index is -0.892. The maximum absolute atomic E-state index is 12.5. The second-order valence-corrected chi connectivity index (χ2v) is 6.34. The number of methoxy groups -OCH3 is 1. The first-order valence-corrected chi connectivity index (χ1v) is 8.56. The molecule has 1 aromatic carbocycles. The van der Waals surface area contributed by atoms with Gasteiger partial charge >= 0.3 is 12.1 Å². The Hall–Kier alpha value is -1.70. The molecule has 0 aliphatic carbocycles. The Bertz CT molecular complexity index is 754. The molecule has 0 fully saturated rings. The lowest BCUT2D eigenvalue weighted by Gasteiger charge is -2.38. The van der Waals surface area contributed by atoms with Gasteiger partial charge in [0.15, 0.2) is 0 Å². The molecule has 1 amide bonds. The Kier molecular flexibility index (Phi) is 6.37. The molecule has 9 heteroatoms. The van der Waals surface area contributed by atoms with Crippen LogP contribution in [-0.4, -0.2) is 41.5 Å². The molecule has 0 radical (unpaired) electrons. The summed E-state index contributed by atoms with van der Waals surface area (Å²) in [4.78, 5) is 30.1. The Balaban J connectivity index is 2.68. The van der Waals surface area contributed by atoms with Crippen LogP contribution >= 0.6 is 35.4 Å². The number of aliphatic imine (C=N–C) groups is 1. The summed E-state index contributed by atoms with van der Waals surface area (Å²) in [6.07, 6.45) is -0.723. The van der Waals surface area contributed by atoms with E-state index in [0.29, 0.717) is 11.3 Å². The Morgan fingerprint density at radius 1 is 1.36 bits per heavy atom. The quantitative estimate of drug-likeness (QED) is 0.563. The third-order valence-electron chi connectivity index (χ3n) is 3.74. The van der Waals surface area contributed by atoms with Crippen molar-refractivity contribution in [2.45, 2.75) is 19.9 Å². The molecule has 1 aromatic rings. The number of hydrogen-bond donors (Lipinski definition) is 0. The van der Waals surface area contributed by atoms with Crippen LogP contribution in [0.1, 0.15) is 25.5 Å². The molecule has 1 aliphatic rings. The predicted molar refractivity (Wildman–Crippen MR) is 99.3 cm³/mol. The predicted octanol–water partition coefficient (Wildman–Crippen LogP) is 4.04. The molecular formula is C16H16Cl2N2O4S. The van der Waals surface area contributed by atoms with E-state index in [4.69, 9.17) is 44.9 Å². The zero-order valence-corrected chi connectivity index (χ0v) is 16.1. The SMILES string of the molecule is CCOC(=O)N1C(=S)N=C(C)C(C(=O)OC)C1c1cccc(Cl)c1Cl. The summed E-state index contributed by atoms with van der Waals surface area (Å²) in [7, 11) is 1.26. The first kappa shape index (κ1) is 19.6. The lowest BCUT2D eigenvalue weighted by molar-refractivity contribution is -0.144. The van der Waals surface area contributed by atoms with Crippen molar-refractivity contribution in [3.8, 4) is 0 Å². The van der Waals surface area contributed by atoms with E-state index in [2.05, 4.69) is 4.99 Å². The number of ether oxygens (including phenoxy) is 2. The number of rotatable bonds is 3. The third kappa shape index (κ3) is 3.78. The van der Waals surface area contributed by atoms with E-state index in [9.17, 15) is 9.59 Å².